The fourth-order valence-electron chi connectivity index (χ4n) is 3.52. The number of ether oxygens (including phenoxy) is 1. The van der Waals surface area contributed by atoms with Crippen LogP contribution in [0.15, 0.2) is 22.7 Å². The van der Waals surface area contributed by atoms with Crippen LogP contribution < -0.4 is 4.74 Å². The van der Waals surface area contributed by atoms with Crippen molar-refractivity contribution < 1.29 is 4.74 Å². The van der Waals surface area contributed by atoms with Crippen molar-refractivity contribution in [2.24, 2.45) is 0 Å². The van der Waals surface area contributed by atoms with E-state index in [0.29, 0.717) is 5.41 Å². The zero-order valence-electron chi connectivity index (χ0n) is 10.5. The maximum atomic E-state index is 5.94. The van der Waals surface area contributed by atoms with E-state index < -0.39 is 0 Å². The third-order valence-electron chi connectivity index (χ3n) is 4.84. The van der Waals surface area contributed by atoms with E-state index in [2.05, 4.69) is 39.0 Å². The zero-order chi connectivity index (χ0) is 12.2. The Bertz CT molecular complexity index is 475. The Balaban J connectivity index is 1.59. The minimum atomic E-state index is 0.307. The molecule has 0 amide bonds. The van der Waals surface area contributed by atoms with Crippen molar-refractivity contribution in [3.05, 3.63) is 28.2 Å². The first-order valence-electron chi connectivity index (χ1n) is 6.94. The molecule has 2 aliphatic heterocycles. The maximum Gasteiger partial charge on any atom is 0.124 e. The lowest BCUT2D eigenvalue weighted by Crippen LogP contribution is -2.44. The van der Waals surface area contributed by atoms with Crippen molar-refractivity contribution >= 4 is 15.9 Å². The van der Waals surface area contributed by atoms with E-state index in [1.807, 2.05) is 0 Å². The summed E-state index contributed by atoms with van der Waals surface area (Å²) in [6.45, 7) is 3.39. The molecule has 0 unspecified atom stereocenters. The molecule has 0 atom stereocenters. The summed E-state index contributed by atoms with van der Waals surface area (Å²) in [6, 6.07) is 7.45. The monoisotopic (exact) mass is 307 g/mol. The first-order chi connectivity index (χ1) is 8.77. The van der Waals surface area contributed by atoms with E-state index in [0.717, 1.165) is 22.9 Å². The van der Waals surface area contributed by atoms with Crippen molar-refractivity contribution in [2.45, 2.75) is 37.1 Å². The minimum absolute atomic E-state index is 0.307. The molecule has 2 heterocycles. The second-order valence-corrected chi connectivity index (χ2v) is 6.89. The van der Waals surface area contributed by atoms with Crippen molar-refractivity contribution in [3.8, 4) is 5.75 Å². The molecule has 3 aliphatic rings. The van der Waals surface area contributed by atoms with Gasteiger partial charge in [0.25, 0.3) is 0 Å². The SMILES string of the molecule is Brc1ccc2c(c1)OCC21CCN(C2CC2)CC1. The number of piperidine rings is 1. The van der Waals surface area contributed by atoms with Crippen LogP contribution >= 0.6 is 15.9 Å². The van der Waals surface area contributed by atoms with Crippen LogP contribution in [0.3, 0.4) is 0 Å². The third kappa shape index (κ3) is 1.71. The quantitative estimate of drug-likeness (QED) is 0.789. The Morgan fingerprint density at radius 2 is 2.00 bits per heavy atom. The van der Waals surface area contributed by atoms with Crippen molar-refractivity contribution in [2.75, 3.05) is 19.7 Å². The summed E-state index contributed by atoms with van der Waals surface area (Å²) in [4.78, 5) is 2.68. The number of benzene rings is 1. The van der Waals surface area contributed by atoms with E-state index in [4.69, 9.17) is 4.74 Å². The molecule has 0 N–H and O–H groups in total. The second-order valence-electron chi connectivity index (χ2n) is 5.98. The number of hydrogen-bond acceptors (Lipinski definition) is 2. The lowest BCUT2D eigenvalue weighted by atomic mass is 9.74. The molecule has 1 aliphatic carbocycles. The highest BCUT2D eigenvalue weighted by Gasteiger charge is 2.45. The summed E-state index contributed by atoms with van der Waals surface area (Å²) in [5, 5.41) is 0. The Labute approximate surface area is 116 Å². The molecule has 4 rings (SSSR count). The average molecular weight is 308 g/mol. The van der Waals surface area contributed by atoms with Gasteiger partial charge in [-0.1, -0.05) is 22.0 Å². The fraction of sp³-hybridized carbons (Fsp3) is 0.600. The minimum Gasteiger partial charge on any atom is -0.492 e. The molecule has 0 radical (unpaired) electrons. The van der Waals surface area contributed by atoms with Crippen molar-refractivity contribution in [1.29, 1.82) is 0 Å². The standard InChI is InChI=1S/C15H18BrNO/c16-11-1-4-13-14(9-11)18-10-15(13)5-7-17(8-6-15)12-2-3-12/h1,4,9,12H,2-3,5-8,10H2. The van der Waals surface area contributed by atoms with Crippen LogP contribution in [-0.4, -0.2) is 30.6 Å². The van der Waals surface area contributed by atoms with Crippen LogP contribution in [-0.2, 0) is 5.41 Å². The van der Waals surface area contributed by atoms with Gasteiger partial charge in [0.05, 0.1) is 6.61 Å². The summed E-state index contributed by atoms with van der Waals surface area (Å²) in [6.07, 6.45) is 5.37. The summed E-state index contributed by atoms with van der Waals surface area (Å²) < 4.78 is 7.05. The van der Waals surface area contributed by atoms with Gasteiger partial charge in [-0.25, -0.2) is 0 Å². The summed E-state index contributed by atoms with van der Waals surface area (Å²) in [5.74, 6) is 1.10. The number of hydrogen-bond donors (Lipinski definition) is 0. The highest BCUT2D eigenvalue weighted by molar-refractivity contribution is 9.10. The van der Waals surface area contributed by atoms with E-state index >= 15 is 0 Å². The highest BCUT2D eigenvalue weighted by atomic mass is 79.9. The lowest BCUT2D eigenvalue weighted by Gasteiger charge is -2.38. The van der Waals surface area contributed by atoms with Crippen LogP contribution in [0.2, 0.25) is 0 Å². The summed E-state index contributed by atoms with van der Waals surface area (Å²) >= 11 is 3.53. The molecule has 1 aromatic rings. The van der Waals surface area contributed by atoms with E-state index in [1.54, 1.807) is 0 Å². The maximum absolute atomic E-state index is 5.94. The molecule has 1 saturated carbocycles. The van der Waals surface area contributed by atoms with E-state index in [-0.39, 0.29) is 0 Å². The van der Waals surface area contributed by atoms with Gasteiger partial charge in [-0.15, -0.1) is 0 Å². The summed E-state index contributed by atoms with van der Waals surface area (Å²) in [5.41, 5.74) is 1.75. The van der Waals surface area contributed by atoms with Gasteiger partial charge in [0.1, 0.15) is 5.75 Å². The molecular formula is C15H18BrNO. The lowest BCUT2D eigenvalue weighted by molar-refractivity contribution is 0.130. The van der Waals surface area contributed by atoms with Gasteiger partial charge in [-0.3, -0.25) is 0 Å². The van der Waals surface area contributed by atoms with Gasteiger partial charge >= 0.3 is 0 Å². The third-order valence-corrected chi connectivity index (χ3v) is 5.33. The van der Waals surface area contributed by atoms with E-state index in [9.17, 15) is 0 Å². The van der Waals surface area contributed by atoms with Crippen LogP contribution in [0, 0.1) is 0 Å². The highest BCUT2D eigenvalue weighted by Crippen LogP contribution is 2.47. The van der Waals surface area contributed by atoms with Crippen LogP contribution in [0.5, 0.6) is 5.75 Å². The van der Waals surface area contributed by atoms with Gasteiger partial charge < -0.3 is 9.64 Å². The van der Waals surface area contributed by atoms with Gasteiger partial charge in [0.2, 0.25) is 0 Å². The van der Waals surface area contributed by atoms with Crippen LogP contribution in [0.25, 0.3) is 0 Å². The smallest absolute Gasteiger partial charge is 0.124 e. The predicted molar refractivity (Wildman–Crippen MR) is 75.1 cm³/mol. The zero-order valence-corrected chi connectivity index (χ0v) is 12.1. The molecule has 1 spiro atoms. The molecule has 1 saturated heterocycles. The van der Waals surface area contributed by atoms with Gasteiger partial charge in [-0.2, -0.15) is 0 Å². The predicted octanol–water partition coefficient (Wildman–Crippen LogP) is 3.34. The molecule has 2 nitrogen and oxygen atoms in total. The molecule has 0 aromatic heterocycles. The van der Waals surface area contributed by atoms with Gasteiger partial charge in [-0.05, 0) is 50.9 Å². The normalized spacial score (nSPS) is 26.1. The summed E-state index contributed by atoms with van der Waals surface area (Å²) in [7, 11) is 0. The first kappa shape index (κ1) is 11.3. The Hall–Kier alpha value is -0.540. The number of rotatable bonds is 1. The fourth-order valence-corrected chi connectivity index (χ4v) is 3.86. The number of halogens is 1. The number of nitrogens with zero attached hydrogens (tertiary/aromatic N) is 1. The largest absolute Gasteiger partial charge is 0.492 e. The molecule has 96 valence electrons. The Morgan fingerprint density at radius 3 is 2.72 bits per heavy atom. The molecular weight excluding hydrogens is 290 g/mol. The van der Waals surface area contributed by atoms with E-state index in [1.165, 1.54) is 44.3 Å². The molecule has 3 heteroatoms. The van der Waals surface area contributed by atoms with Crippen LogP contribution in [0.4, 0.5) is 0 Å². The van der Waals surface area contributed by atoms with Gasteiger partial charge in [0.15, 0.2) is 0 Å². The Kier molecular flexibility index (Phi) is 2.50. The average Bonchev–Trinajstić information content (AvgIpc) is 3.17. The number of likely N-dealkylation sites (tertiary alicyclic amines) is 1. The van der Waals surface area contributed by atoms with Crippen molar-refractivity contribution in [3.63, 3.8) is 0 Å². The molecule has 1 aromatic carbocycles. The molecule has 18 heavy (non-hydrogen) atoms. The first-order valence-corrected chi connectivity index (χ1v) is 7.73. The van der Waals surface area contributed by atoms with Crippen molar-refractivity contribution in [1.82, 2.24) is 4.90 Å². The molecule has 0 bridgehead atoms. The second kappa shape index (κ2) is 3.97. The van der Waals surface area contributed by atoms with Crippen LogP contribution in [0.1, 0.15) is 31.2 Å². The van der Waals surface area contributed by atoms with Gasteiger partial charge in [0, 0.05) is 21.5 Å². The topological polar surface area (TPSA) is 12.5 Å². The Morgan fingerprint density at radius 1 is 1.22 bits per heavy atom. The number of fused-ring (bicyclic) bond motifs is 2. The molecule has 2 fully saturated rings.